The number of hydrogen-bond acceptors (Lipinski definition) is 2. The van der Waals surface area contributed by atoms with Gasteiger partial charge in [0.25, 0.3) is 0 Å². The third kappa shape index (κ3) is 3.45. The molecule has 2 nitrogen and oxygen atoms in total. The smallest absolute Gasteiger partial charge is 0.137 e. The summed E-state index contributed by atoms with van der Waals surface area (Å²) in [5, 5.41) is 4.72. The van der Waals surface area contributed by atoms with Crippen LogP contribution in [0.4, 0.5) is 0 Å². The fourth-order valence-electron chi connectivity index (χ4n) is 6.92. The molecule has 5 rings (SSSR count). The first-order valence-electron chi connectivity index (χ1n) is 9.99. The van der Waals surface area contributed by atoms with E-state index >= 15 is 0 Å². The molecule has 1 aromatic carbocycles. The van der Waals surface area contributed by atoms with Crippen molar-refractivity contribution in [2.24, 2.45) is 16.7 Å². The summed E-state index contributed by atoms with van der Waals surface area (Å²) < 4.78 is 5.69. The van der Waals surface area contributed by atoms with Crippen LogP contribution in [0.15, 0.2) is 18.2 Å². The van der Waals surface area contributed by atoms with E-state index in [1.807, 2.05) is 6.07 Å². The molecule has 0 aliphatic heterocycles. The van der Waals surface area contributed by atoms with Crippen molar-refractivity contribution < 1.29 is 4.74 Å². The van der Waals surface area contributed by atoms with Crippen molar-refractivity contribution in [1.29, 1.82) is 0 Å². The van der Waals surface area contributed by atoms with Crippen molar-refractivity contribution in [2.75, 3.05) is 6.61 Å². The maximum Gasteiger partial charge on any atom is 0.137 e. The van der Waals surface area contributed by atoms with Gasteiger partial charge in [-0.25, -0.2) is 0 Å². The van der Waals surface area contributed by atoms with E-state index in [1.54, 1.807) is 0 Å². The van der Waals surface area contributed by atoms with Crippen molar-refractivity contribution >= 4 is 11.6 Å². The van der Waals surface area contributed by atoms with Crippen molar-refractivity contribution in [3.8, 4) is 5.75 Å². The summed E-state index contributed by atoms with van der Waals surface area (Å²) in [5.74, 6) is 1.73. The Morgan fingerprint density at radius 3 is 2.44 bits per heavy atom. The lowest BCUT2D eigenvalue weighted by atomic mass is 9.43. The van der Waals surface area contributed by atoms with E-state index in [1.165, 1.54) is 44.1 Å². The molecule has 0 amide bonds. The standard InChI is InChI=1S/C22H32ClNO/c1-4-7-25-19-6-5-16(8-18(19)23)12-24-22-11-17-9-20(2,14-22)13-21(3,10-17)15-22/h5-6,8,17,24H,4,7,9-15H2,1-3H3. The van der Waals surface area contributed by atoms with Gasteiger partial charge in [-0.2, -0.15) is 0 Å². The molecule has 1 N–H and O–H groups in total. The number of halogens is 1. The molecular weight excluding hydrogens is 330 g/mol. The van der Waals surface area contributed by atoms with Gasteiger partial charge in [0.2, 0.25) is 0 Å². The van der Waals surface area contributed by atoms with E-state index in [0.717, 1.165) is 36.3 Å². The van der Waals surface area contributed by atoms with Crippen molar-refractivity contribution in [1.82, 2.24) is 5.32 Å². The van der Waals surface area contributed by atoms with Crippen LogP contribution in [0.5, 0.6) is 5.75 Å². The Balaban J connectivity index is 1.45. The molecule has 0 spiro atoms. The molecule has 0 aromatic heterocycles. The lowest BCUT2D eigenvalue weighted by Gasteiger charge is -2.65. The quantitative estimate of drug-likeness (QED) is 0.674. The number of hydrogen-bond donors (Lipinski definition) is 1. The van der Waals surface area contributed by atoms with E-state index in [2.05, 4.69) is 38.2 Å². The molecule has 2 unspecified atom stereocenters. The average molecular weight is 362 g/mol. The van der Waals surface area contributed by atoms with Gasteiger partial charge in [0.1, 0.15) is 5.75 Å². The molecule has 4 bridgehead atoms. The minimum Gasteiger partial charge on any atom is -0.492 e. The van der Waals surface area contributed by atoms with Gasteiger partial charge in [0, 0.05) is 12.1 Å². The van der Waals surface area contributed by atoms with Crippen LogP contribution in [0.25, 0.3) is 0 Å². The molecule has 4 saturated carbocycles. The summed E-state index contributed by atoms with van der Waals surface area (Å²) in [6, 6.07) is 6.26. The molecule has 25 heavy (non-hydrogen) atoms. The predicted octanol–water partition coefficient (Wildman–Crippen LogP) is 5.97. The Hall–Kier alpha value is -0.730. The van der Waals surface area contributed by atoms with Crippen LogP contribution in [0.2, 0.25) is 5.02 Å². The van der Waals surface area contributed by atoms with Gasteiger partial charge >= 0.3 is 0 Å². The number of nitrogens with one attached hydrogen (secondary N) is 1. The third-order valence-electron chi connectivity index (χ3n) is 6.75. The van der Waals surface area contributed by atoms with Crippen LogP contribution in [-0.2, 0) is 6.54 Å². The third-order valence-corrected chi connectivity index (χ3v) is 7.05. The maximum atomic E-state index is 6.41. The number of rotatable bonds is 6. The molecule has 4 aliphatic rings. The van der Waals surface area contributed by atoms with Gasteiger partial charge in [-0.1, -0.05) is 38.4 Å². The Bertz CT molecular complexity index is 639. The van der Waals surface area contributed by atoms with Gasteiger partial charge in [0.15, 0.2) is 0 Å². The first-order chi connectivity index (χ1) is 11.8. The molecule has 0 heterocycles. The van der Waals surface area contributed by atoms with Crippen LogP contribution in [0, 0.1) is 16.7 Å². The zero-order chi connectivity index (χ0) is 17.7. The van der Waals surface area contributed by atoms with Gasteiger partial charge in [-0.15, -0.1) is 0 Å². The molecule has 3 heteroatoms. The second-order valence-electron chi connectivity index (χ2n) is 9.88. The van der Waals surface area contributed by atoms with E-state index < -0.39 is 0 Å². The lowest BCUT2D eigenvalue weighted by Crippen LogP contribution is -2.63. The fourth-order valence-corrected chi connectivity index (χ4v) is 7.18. The molecule has 4 aliphatic carbocycles. The summed E-state index contributed by atoms with van der Waals surface area (Å²) in [6.07, 6.45) is 9.37. The second kappa shape index (κ2) is 6.16. The van der Waals surface area contributed by atoms with Crippen LogP contribution in [0.1, 0.15) is 71.3 Å². The van der Waals surface area contributed by atoms with Gasteiger partial charge < -0.3 is 10.1 Å². The van der Waals surface area contributed by atoms with Crippen LogP contribution < -0.4 is 10.1 Å². The average Bonchev–Trinajstić information content (AvgIpc) is 2.48. The van der Waals surface area contributed by atoms with Crippen LogP contribution in [-0.4, -0.2) is 12.1 Å². The zero-order valence-corrected chi connectivity index (χ0v) is 16.7. The van der Waals surface area contributed by atoms with Crippen LogP contribution >= 0.6 is 11.6 Å². The fraction of sp³-hybridized carbons (Fsp3) is 0.727. The number of ether oxygens (including phenoxy) is 1. The highest BCUT2D eigenvalue weighted by molar-refractivity contribution is 6.32. The van der Waals surface area contributed by atoms with Crippen molar-refractivity contribution in [3.63, 3.8) is 0 Å². The molecule has 2 atom stereocenters. The molecule has 0 saturated heterocycles. The Morgan fingerprint density at radius 2 is 1.84 bits per heavy atom. The number of benzene rings is 1. The molecule has 4 fully saturated rings. The normalized spacial score (nSPS) is 39.0. The van der Waals surface area contributed by atoms with Gasteiger partial charge in [-0.05, 0) is 79.4 Å². The molecule has 0 radical (unpaired) electrons. The molecule has 138 valence electrons. The summed E-state index contributed by atoms with van der Waals surface area (Å²) >= 11 is 6.41. The Morgan fingerprint density at radius 1 is 1.12 bits per heavy atom. The topological polar surface area (TPSA) is 21.3 Å². The highest BCUT2D eigenvalue weighted by atomic mass is 35.5. The van der Waals surface area contributed by atoms with E-state index in [0.29, 0.717) is 16.4 Å². The van der Waals surface area contributed by atoms with E-state index in [4.69, 9.17) is 16.3 Å². The Kier molecular flexibility index (Phi) is 4.36. The summed E-state index contributed by atoms with van der Waals surface area (Å²) in [7, 11) is 0. The first kappa shape index (κ1) is 17.7. The SMILES string of the molecule is CCCOc1ccc(CNC23CC4CC(C)(CC(C)(C4)C2)C3)cc1Cl. The minimum atomic E-state index is 0.340. The van der Waals surface area contributed by atoms with Gasteiger partial charge in [-0.3, -0.25) is 0 Å². The lowest BCUT2D eigenvalue weighted by molar-refractivity contribution is -0.118. The van der Waals surface area contributed by atoms with E-state index in [-0.39, 0.29) is 0 Å². The highest BCUT2D eigenvalue weighted by Gasteiger charge is 2.59. The molecular formula is C22H32ClNO. The summed E-state index contributed by atoms with van der Waals surface area (Å²) in [4.78, 5) is 0. The van der Waals surface area contributed by atoms with Crippen molar-refractivity contribution in [2.45, 2.75) is 77.8 Å². The molecule has 1 aromatic rings. The minimum absolute atomic E-state index is 0.340. The Labute approximate surface area is 157 Å². The summed E-state index contributed by atoms with van der Waals surface area (Å²) in [6.45, 7) is 8.80. The maximum absolute atomic E-state index is 6.41. The zero-order valence-electron chi connectivity index (χ0n) is 16.0. The largest absolute Gasteiger partial charge is 0.492 e. The predicted molar refractivity (Wildman–Crippen MR) is 104 cm³/mol. The van der Waals surface area contributed by atoms with Gasteiger partial charge in [0.05, 0.1) is 11.6 Å². The van der Waals surface area contributed by atoms with Crippen molar-refractivity contribution in [3.05, 3.63) is 28.8 Å². The summed E-state index contributed by atoms with van der Waals surface area (Å²) in [5.41, 5.74) is 2.71. The monoisotopic (exact) mass is 361 g/mol. The van der Waals surface area contributed by atoms with E-state index in [9.17, 15) is 0 Å². The highest BCUT2D eigenvalue weighted by Crippen LogP contribution is 2.66. The van der Waals surface area contributed by atoms with Crippen LogP contribution in [0.3, 0.4) is 0 Å². The first-order valence-corrected chi connectivity index (χ1v) is 10.4. The second-order valence-corrected chi connectivity index (χ2v) is 10.3.